The molecule has 72 valence electrons. The normalized spacial score (nSPS) is 9.36. The topological polar surface area (TPSA) is 62.7 Å². The number of aromatic nitrogens is 1. The van der Waals surface area contributed by atoms with Crippen molar-refractivity contribution in [1.29, 1.82) is 5.26 Å². The van der Waals surface area contributed by atoms with Gasteiger partial charge >= 0.3 is 0 Å². The van der Waals surface area contributed by atoms with Gasteiger partial charge in [0.25, 0.3) is 0 Å². The summed E-state index contributed by atoms with van der Waals surface area (Å²) in [6.07, 6.45) is 0.438. The van der Waals surface area contributed by atoms with Crippen molar-refractivity contribution in [3.8, 4) is 6.07 Å². The maximum absolute atomic E-state index is 8.51. The largest absolute Gasteiger partial charge is 0.375 e. The number of nitrogens with two attached hydrogens (primary N) is 1. The van der Waals surface area contributed by atoms with Crippen LogP contribution in [-0.2, 0) is 6.42 Å². The first kappa shape index (κ1) is 10.5. The number of nitrogen functional groups attached to an aromatic ring is 1. The Morgan fingerprint density at radius 1 is 1.50 bits per heavy atom. The molecule has 1 aromatic carbocycles. The molecule has 1 aromatic heterocycles. The highest BCUT2D eigenvalue weighted by molar-refractivity contribution is 7.22. The van der Waals surface area contributed by atoms with E-state index in [0.29, 0.717) is 11.6 Å². The van der Waals surface area contributed by atoms with E-state index in [1.165, 1.54) is 11.3 Å². The molecule has 0 spiro atoms. The molecular weight excluding hydrogens is 194 g/mol. The number of benzene rings is 1. The van der Waals surface area contributed by atoms with Gasteiger partial charge in [0.05, 0.1) is 22.7 Å². The SMILES string of the molecule is C.N#CCc1ccc2nc(N)sc2c1. The molecular formula is C10H11N3S. The molecule has 1 heterocycles. The van der Waals surface area contributed by atoms with Gasteiger partial charge in [-0.2, -0.15) is 5.26 Å². The lowest BCUT2D eigenvalue weighted by Crippen LogP contribution is -1.80. The minimum atomic E-state index is 0. The van der Waals surface area contributed by atoms with Crippen LogP contribution in [0.15, 0.2) is 18.2 Å². The van der Waals surface area contributed by atoms with Crippen molar-refractivity contribution in [3.63, 3.8) is 0 Å². The van der Waals surface area contributed by atoms with Gasteiger partial charge in [-0.1, -0.05) is 24.8 Å². The van der Waals surface area contributed by atoms with Crippen LogP contribution in [0.1, 0.15) is 13.0 Å². The van der Waals surface area contributed by atoms with E-state index in [-0.39, 0.29) is 7.43 Å². The number of thiazole rings is 1. The maximum Gasteiger partial charge on any atom is 0.181 e. The van der Waals surface area contributed by atoms with E-state index in [2.05, 4.69) is 11.1 Å². The zero-order valence-electron chi connectivity index (χ0n) is 6.82. The molecule has 0 bridgehead atoms. The number of anilines is 1. The van der Waals surface area contributed by atoms with Crippen LogP contribution in [0.25, 0.3) is 10.2 Å². The Morgan fingerprint density at radius 3 is 3.00 bits per heavy atom. The second-order valence-electron chi connectivity index (χ2n) is 2.69. The highest BCUT2D eigenvalue weighted by atomic mass is 32.1. The van der Waals surface area contributed by atoms with Gasteiger partial charge in [0, 0.05) is 0 Å². The van der Waals surface area contributed by atoms with Gasteiger partial charge in [0.1, 0.15) is 0 Å². The molecule has 0 aliphatic carbocycles. The van der Waals surface area contributed by atoms with Crippen LogP contribution in [0, 0.1) is 11.3 Å². The van der Waals surface area contributed by atoms with E-state index < -0.39 is 0 Å². The van der Waals surface area contributed by atoms with Gasteiger partial charge < -0.3 is 5.73 Å². The average Bonchev–Trinajstić information content (AvgIpc) is 2.44. The summed E-state index contributed by atoms with van der Waals surface area (Å²) in [7, 11) is 0. The smallest absolute Gasteiger partial charge is 0.181 e. The summed E-state index contributed by atoms with van der Waals surface area (Å²) in [5.41, 5.74) is 7.48. The van der Waals surface area contributed by atoms with Crippen molar-refractivity contribution < 1.29 is 0 Å². The predicted molar refractivity (Wildman–Crippen MR) is 60.1 cm³/mol. The molecule has 0 atom stereocenters. The predicted octanol–water partition coefficient (Wildman–Crippen LogP) is 2.58. The van der Waals surface area contributed by atoms with Gasteiger partial charge in [-0.3, -0.25) is 0 Å². The Bertz CT molecular complexity index is 482. The molecule has 14 heavy (non-hydrogen) atoms. The van der Waals surface area contributed by atoms with Gasteiger partial charge in [-0.15, -0.1) is 0 Å². The molecule has 0 unspecified atom stereocenters. The van der Waals surface area contributed by atoms with E-state index >= 15 is 0 Å². The Kier molecular flexibility index (Phi) is 3.05. The lowest BCUT2D eigenvalue weighted by Gasteiger charge is -1.92. The fourth-order valence-corrected chi connectivity index (χ4v) is 1.99. The average molecular weight is 205 g/mol. The van der Waals surface area contributed by atoms with Gasteiger partial charge in [-0.25, -0.2) is 4.98 Å². The third kappa shape index (κ3) is 1.83. The van der Waals surface area contributed by atoms with Crippen LogP contribution >= 0.6 is 11.3 Å². The number of hydrogen-bond donors (Lipinski definition) is 1. The van der Waals surface area contributed by atoms with Crippen molar-refractivity contribution in [2.75, 3.05) is 5.73 Å². The van der Waals surface area contributed by atoms with E-state index in [0.717, 1.165) is 15.8 Å². The molecule has 2 aromatic rings. The monoisotopic (exact) mass is 205 g/mol. The summed E-state index contributed by atoms with van der Waals surface area (Å²) < 4.78 is 1.05. The molecule has 0 aliphatic heterocycles. The molecule has 0 fully saturated rings. The fraction of sp³-hybridized carbons (Fsp3) is 0.200. The fourth-order valence-electron chi connectivity index (χ4n) is 1.19. The van der Waals surface area contributed by atoms with Crippen LogP contribution in [0.2, 0.25) is 0 Å². The van der Waals surface area contributed by atoms with Crippen LogP contribution < -0.4 is 5.73 Å². The number of hydrogen-bond acceptors (Lipinski definition) is 4. The van der Waals surface area contributed by atoms with Crippen molar-refractivity contribution in [3.05, 3.63) is 23.8 Å². The minimum Gasteiger partial charge on any atom is -0.375 e. The van der Waals surface area contributed by atoms with Crippen molar-refractivity contribution in [2.24, 2.45) is 0 Å². The van der Waals surface area contributed by atoms with E-state index in [1.54, 1.807) is 0 Å². The molecule has 2 N–H and O–H groups in total. The summed E-state index contributed by atoms with van der Waals surface area (Å²) in [5, 5.41) is 9.08. The maximum atomic E-state index is 8.51. The number of nitriles is 1. The Balaban J connectivity index is 0.000000980. The minimum absolute atomic E-state index is 0. The number of rotatable bonds is 1. The van der Waals surface area contributed by atoms with E-state index in [4.69, 9.17) is 11.0 Å². The van der Waals surface area contributed by atoms with Crippen LogP contribution in [0.3, 0.4) is 0 Å². The molecule has 0 amide bonds. The molecule has 0 aliphatic rings. The number of fused-ring (bicyclic) bond motifs is 1. The zero-order chi connectivity index (χ0) is 9.26. The highest BCUT2D eigenvalue weighted by Crippen LogP contribution is 2.24. The molecule has 0 saturated heterocycles. The standard InChI is InChI=1S/C9H7N3S.CH4/c10-4-3-6-1-2-7-8(5-6)13-9(11)12-7;/h1-2,5H,3H2,(H2,11,12);1H4. The van der Waals surface area contributed by atoms with Crippen molar-refractivity contribution in [1.82, 2.24) is 4.98 Å². The van der Waals surface area contributed by atoms with E-state index in [1.807, 2.05) is 18.2 Å². The van der Waals surface area contributed by atoms with Crippen molar-refractivity contribution >= 4 is 26.7 Å². The highest BCUT2D eigenvalue weighted by Gasteiger charge is 2.01. The van der Waals surface area contributed by atoms with Crippen molar-refractivity contribution in [2.45, 2.75) is 13.8 Å². The van der Waals surface area contributed by atoms with Crippen LogP contribution in [0.4, 0.5) is 5.13 Å². The molecule has 4 heteroatoms. The number of nitrogens with zero attached hydrogens (tertiary/aromatic N) is 2. The zero-order valence-corrected chi connectivity index (χ0v) is 7.64. The molecule has 3 nitrogen and oxygen atoms in total. The third-order valence-corrected chi connectivity index (χ3v) is 2.60. The first-order chi connectivity index (χ1) is 6.29. The van der Waals surface area contributed by atoms with Gasteiger partial charge in [0.2, 0.25) is 0 Å². The molecule has 2 rings (SSSR count). The van der Waals surface area contributed by atoms with Crippen LogP contribution in [0.5, 0.6) is 0 Å². The second kappa shape index (κ2) is 4.07. The summed E-state index contributed by atoms with van der Waals surface area (Å²) in [5.74, 6) is 0. The first-order valence-corrected chi connectivity index (χ1v) is 4.63. The summed E-state index contributed by atoms with van der Waals surface area (Å²) >= 11 is 1.45. The summed E-state index contributed by atoms with van der Waals surface area (Å²) in [4.78, 5) is 4.13. The Morgan fingerprint density at radius 2 is 2.29 bits per heavy atom. The molecule has 0 radical (unpaired) electrons. The lowest BCUT2D eigenvalue weighted by atomic mass is 10.2. The molecule has 0 saturated carbocycles. The third-order valence-electron chi connectivity index (χ3n) is 1.75. The van der Waals surface area contributed by atoms with E-state index in [9.17, 15) is 0 Å². The Labute approximate surface area is 86.8 Å². The second-order valence-corrected chi connectivity index (χ2v) is 3.75. The first-order valence-electron chi connectivity index (χ1n) is 3.81. The lowest BCUT2D eigenvalue weighted by molar-refractivity contribution is 1.27. The summed E-state index contributed by atoms with van der Waals surface area (Å²) in [6.45, 7) is 0. The van der Waals surface area contributed by atoms with Gasteiger partial charge in [-0.05, 0) is 17.7 Å². The van der Waals surface area contributed by atoms with Gasteiger partial charge in [0.15, 0.2) is 5.13 Å². The Hall–Kier alpha value is -1.60. The quantitative estimate of drug-likeness (QED) is 0.778. The summed E-state index contributed by atoms with van der Waals surface area (Å²) in [6, 6.07) is 7.88. The van der Waals surface area contributed by atoms with Crippen LogP contribution in [-0.4, -0.2) is 4.98 Å².